The molecular weight excluding hydrogens is 392 g/mol. The predicted octanol–water partition coefficient (Wildman–Crippen LogP) is 1.29. The average Bonchev–Trinajstić information content (AvgIpc) is 3.24. The Morgan fingerprint density at radius 2 is 1.97 bits per heavy atom. The molecule has 2 aromatic rings. The van der Waals surface area contributed by atoms with Gasteiger partial charge in [0.2, 0.25) is 15.9 Å². The Kier molecular flexibility index (Phi) is 7.40. The molecule has 29 heavy (non-hydrogen) atoms. The monoisotopic (exact) mass is 420 g/mol. The number of benzene rings is 1. The van der Waals surface area contributed by atoms with E-state index < -0.39 is 10.0 Å². The number of hydrogen-bond acceptors (Lipinski definition) is 5. The molecule has 1 amide bonds. The first-order valence-electron chi connectivity index (χ1n) is 9.86. The maximum absolute atomic E-state index is 12.6. The lowest BCUT2D eigenvalue weighted by Gasteiger charge is -2.26. The van der Waals surface area contributed by atoms with Crippen molar-refractivity contribution < 1.29 is 17.9 Å². The van der Waals surface area contributed by atoms with E-state index in [9.17, 15) is 13.2 Å². The second-order valence-electron chi connectivity index (χ2n) is 7.30. The molecule has 1 aromatic heterocycles. The van der Waals surface area contributed by atoms with Gasteiger partial charge in [-0.2, -0.15) is 9.40 Å². The van der Waals surface area contributed by atoms with Gasteiger partial charge in [-0.05, 0) is 36.1 Å². The maximum Gasteiger partial charge on any atom is 0.243 e. The van der Waals surface area contributed by atoms with E-state index in [-0.39, 0.29) is 16.7 Å². The highest BCUT2D eigenvalue weighted by molar-refractivity contribution is 7.89. The fourth-order valence-electron chi connectivity index (χ4n) is 3.19. The van der Waals surface area contributed by atoms with Crippen molar-refractivity contribution in [1.29, 1.82) is 0 Å². The van der Waals surface area contributed by atoms with Crippen LogP contribution in [0.3, 0.4) is 0 Å². The minimum Gasteiger partial charge on any atom is -0.379 e. The molecule has 1 fully saturated rings. The van der Waals surface area contributed by atoms with Gasteiger partial charge in [-0.15, -0.1) is 0 Å². The number of carbonyl (C=O) groups is 1. The van der Waals surface area contributed by atoms with Crippen LogP contribution in [0.5, 0.6) is 0 Å². The summed E-state index contributed by atoms with van der Waals surface area (Å²) >= 11 is 0. The Morgan fingerprint density at radius 3 is 2.62 bits per heavy atom. The molecule has 1 aliphatic rings. The Bertz CT molecular complexity index is 876. The molecular formula is C20H28N4O4S. The number of sulfonamides is 1. The van der Waals surface area contributed by atoms with Crippen LogP contribution in [-0.4, -0.2) is 61.3 Å². The SMILES string of the molecule is CC(CNC(=O)CCc1ccc(S(=O)(=O)N2CCOCC2)cc1)Cn1cccn1. The van der Waals surface area contributed by atoms with E-state index in [1.807, 2.05) is 16.9 Å². The molecule has 0 radical (unpaired) electrons. The van der Waals surface area contributed by atoms with Crippen LogP contribution in [-0.2, 0) is 32.5 Å². The number of aryl methyl sites for hydroxylation is 1. The summed E-state index contributed by atoms with van der Waals surface area (Å²) in [5.74, 6) is 0.269. The van der Waals surface area contributed by atoms with Gasteiger partial charge >= 0.3 is 0 Å². The molecule has 0 bridgehead atoms. The van der Waals surface area contributed by atoms with Crippen molar-refractivity contribution in [1.82, 2.24) is 19.4 Å². The molecule has 1 saturated heterocycles. The van der Waals surface area contributed by atoms with Crippen molar-refractivity contribution in [3.8, 4) is 0 Å². The summed E-state index contributed by atoms with van der Waals surface area (Å²) in [4.78, 5) is 12.4. The number of hydrogen-bond donors (Lipinski definition) is 1. The summed E-state index contributed by atoms with van der Waals surface area (Å²) in [7, 11) is -3.48. The second kappa shape index (κ2) is 10.00. The number of aromatic nitrogens is 2. The number of carbonyl (C=O) groups excluding carboxylic acids is 1. The van der Waals surface area contributed by atoms with Gasteiger partial charge in [-0.3, -0.25) is 9.48 Å². The van der Waals surface area contributed by atoms with Crippen LogP contribution < -0.4 is 5.32 Å². The van der Waals surface area contributed by atoms with Crippen LogP contribution in [0.25, 0.3) is 0 Å². The summed E-state index contributed by atoms with van der Waals surface area (Å²) in [6, 6.07) is 8.67. The Morgan fingerprint density at radius 1 is 1.24 bits per heavy atom. The molecule has 2 heterocycles. The fraction of sp³-hybridized carbons (Fsp3) is 0.500. The van der Waals surface area contributed by atoms with Crippen molar-refractivity contribution in [2.45, 2.75) is 31.2 Å². The van der Waals surface area contributed by atoms with E-state index in [4.69, 9.17) is 4.74 Å². The fourth-order valence-corrected chi connectivity index (χ4v) is 4.60. The topological polar surface area (TPSA) is 93.5 Å². The molecule has 8 nitrogen and oxygen atoms in total. The summed E-state index contributed by atoms with van der Waals surface area (Å²) in [5.41, 5.74) is 0.936. The highest BCUT2D eigenvalue weighted by atomic mass is 32.2. The molecule has 0 aliphatic carbocycles. The summed E-state index contributed by atoms with van der Waals surface area (Å²) < 4.78 is 33.8. The summed E-state index contributed by atoms with van der Waals surface area (Å²) in [6.45, 7) is 5.02. The zero-order chi connectivity index (χ0) is 20.7. The largest absolute Gasteiger partial charge is 0.379 e. The molecule has 1 aliphatic heterocycles. The molecule has 0 saturated carbocycles. The van der Waals surface area contributed by atoms with Crippen molar-refractivity contribution >= 4 is 15.9 Å². The third kappa shape index (κ3) is 6.12. The molecule has 0 spiro atoms. The van der Waals surface area contributed by atoms with E-state index >= 15 is 0 Å². The average molecular weight is 421 g/mol. The van der Waals surface area contributed by atoms with Gasteiger partial charge in [0.05, 0.1) is 18.1 Å². The van der Waals surface area contributed by atoms with Gasteiger partial charge in [-0.25, -0.2) is 8.42 Å². The normalized spacial score (nSPS) is 16.4. The Labute approximate surface area is 171 Å². The van der Waals surface area contributed by atoms with Crippen molar-refractivity contribution in [3.05, 3.63) is 48.3 Å². The zero-order valence-electron chi connectivity index (χ0n) is 16.7. The maximum atomic E-state index is 12.6. The van der Waals surface area contributed by atoms with E-state index in [1.165, 1.54) is 4.31 Å². The van der Waals surface area contributed by atoms with E-state index in [0.717, 1.165) is 12.1 Å². The quantitative estimate of drug-likeness (QED) is 0.660. The first-order valence-corrected chi connectivity index (χ1v) is 11.3. The lowest BCUT2D eigenvalue weighted by molar-refractivity contribution is -0.121. The lowest BCUT2D eigenvalue weighted by Crippen LogP contribution is -2.40. The van der Waals surface area contributed by atoms with Crippen LogP contribution in [0, 0.1) is 5.92 Å². The smallest absolute Gasteiger partial charge is 0.243 e. The number of amides is 1. The first-order chi connectivity index (χ1) is 13.9. The van der Waals surface area contributed by atoms with Crippen LogP contribution in [0.1, 0.15) is 18.9 Å². The minimum absolute atomic E-state index is 0.0117. The number of morpholine rings is 1. The van der Waals surface area contributed by atoms with Gasteiger partial charge in [0.25, 0.3) is 0 Å². The van der Waals surface area contributed by atoms with Crippen LogP contribution >= 0.6 is 0 Å². The molecule has 1 N–H and O–H groups in total. The van der Waals surface area contributed by atoms with E-state index in [1.54, 1.807) is 30.5 Å². The third-order valence-electron chi connectivity index (χ3n) is 4.88. The van der Waals surface area contributed by atoms with Crippen molar-refractivity contribution in [2.75, 3.05) is 32.8 Å². The lowest BCUT2D eigenvalue weighted by atomic mass is 10.1. The predicted molar refractivity (Wildman–Crippen MR) is 109 cm³/mol. The molecule has 1 unspecified atom stereocenters. The molecule has 1 aromatic carbocycles. The Balaban J connectivity index is 1.44. The van der Waals surface area contributed by atoms with Gasteiger partial charge in [0.15, 0.2) is 0 Å². The van der Waals surface area contributed by atoms with E-state index in [2.05, 4.69) is 17.3 Å². The van der Waals surface area contributed by atoms with E-state index in [0.29, 0.717) is 45.7 Å². The molecule has 158 valence electrons. The van der Waals surface area contributed by atoms with Gasteiger partial charge in [0.1, 0.15) is 0 Å². The molecule has 9 heteroatoms. The standard InChI is InChI=1S/C20H28N4O4S/c1-17(16-23-10-2-9-22-23)15-21-20(25)8-5-18-3-6-19(7-4-18)29(26,27)24-11-13-28-14-12-24/h2-4,6-7,9-10,17H,5,8,11-16H2,1H3,(H,21,25). The molecule has 3 rings (SSSR count). The number of nitrogens with one attached hydrogen (secondary N) is 1. The van der Waals surface area contributed by atoms with Gasteiger partial charge in [0, 0.05) is 45.0 Å². The highest BCUT2D eigenvalue weighted by Gasteiger charge is 2.26. The zero-order valence-corrected chi connectivity index (χ0v) is 17.5. The number of nitrogens with zero attached hydrogens (tertiary/aromatic N) is 3. The van der Waals surface area contributed by atoms with Crippen LogP contribution in [0.4, 0.5) is 0 Å². The van der Waals surface area contributed by atoms with Crippen LogP contribution in [0.15, 0.2) is 47.6 Å². The first kappa shape index (κ1) is 21.5. The van der Waals surface area contributed by atoms with Crippen molar-refractivity contribution in [3.63, 3.8) is 0 Å². The van der Waals surface area contributed by atoms with Gasteiger partial charge < -0.3 is 10.1 Å². The minimum atomic E-state index is -3.48. The Hall–Kier alpha value is -2.23. The number of rotatable bonds is 9. The van der Waals surface area contributed by atoms with Crippen molar-refractivity contribution in [2.24, 2.45) is 5.92 Å². The summed E-state index contributed by atoms with van der Waals surface area (Å²) in [5, 5.41) is 7.11. The van der Waals surface area contributed by atoms with Crippen LogP contribution in [0.2, 0.25) is 0 Å². The highest BCUT2D eigenvalue weighted by Crippen LogP contribution is 2.18. The van der Waals surface area contributed by atoms with Gasteiger partial charge in [-0.1, -0.05) is 19.1 Å². The second-order valence-corrected chi connectivity index (χ2v) is 9.24. The summed E-state index contributed by atoms with van der Waals surface area (Å²) in [6.07, 6.45) is 4.57. The third-order valence-corrected chi connectivity index (χ3v) is 6.79. The number of ether oxygens (including phenoxy) is 1. The molecule has 1 atom stereocenters.